The smallest absolute Gasteiger partial charge is 0.244 e. The molecule has 1 fully saturated rings. The quantitative estimate of drug-likeness (QED) is 0.511. The van der Waals surface area contributed by atoms with Crippen molar-refractivity contribution in [1.82, 2.24) is 10.2 Å². The van der Waals surface area contributed by atoms with Crippen LogP contribution in [-0.2, 0) is 32.6 Å². The number of nitrogens with one attached hydrogen (secondary N) is 1. The van der Waals surface area contributed by atoms with Gasteiger partial charge in [-0.2, -0.15) is 0 Å². The van der Waals surface area contributed by atoms with Crippen LogP contribution in [0.5, 0.6) is 0 Å². The van der Waals surface area contributed by atoms with Gasteiger partial charge in [-0.05, 0) is 55.5 Å². The average molecular weight is 520 g/mol. The molecule has 9 heteroatoms. The number of benzene rings is 2. The van der Waals surface area contributed by atoms with Crippen LogP contribution < -0.4 is 9.62 Å². The number of sulfonamides is 1. The topological polar surface area (TPSA) is 86.8 Å². The third kappa shape index (κ3) is 7.21. The van der Waals surface area contributed by atoms with Gasteiger partial charge < -0.3 is 10.2 Å². The number of rotatable bonds is 10. The largest absolute Gasteiger partial charge is 0.352 e. The van der Waals surface area contributed by atoms with Gasteiger partial charge in [-0.1, -0.05) is 61.7 Å². The number of amides is 2. The lowest BCUT2D eigenvalue weighted by molar-refractivity contribution is -0.139. The van der Waals surface area contributed by atoms with E-state index in [2.05, 4.69) is 5.32 Å². The Labute approximate surface area is 213 Å². The molecule has 1 N–H and O–H groups in total. The molecule has 0 aliphatic heterocycles. The van der Waals surface area contributed by atoms with Crippen molar-refractivity contribution in [3.8, 4) is 0 Å². The Hall–Kier alpha value is -2.58. The molecular weight excluding hydrogens is 486 g/mol. The molecule has 190 valence electrons. The van der Waals surface area contributed by atoms with Gasteiger partial charge in [-0.15, -0.1) is 0 Å². The lowest BCUT2D eigenvalue weighted by Crippen LogP contribution is -2.52. The summed E-state index contributed by atoms with van der Waals surface area (Å²) in [5.41, 5.74) is 2.09. The first-order valence-electron chi connectivity index (χ1n) is 12.0. The number of carbonyl (C=O) groups is 2. The van der Waals surface area contributed by atoms with Crippen LogP contribution >= 0.6 is 11.6 Å². The molecular formula is C26H34ClN3O4S. The summed E-state index contributed by atoms with van der Waals surface area (Å²) in [6, 6.07) is 13.5. The van der Waals surface area contributed by atoms with E-state index in [4.69, 9.17) is 11.6 Å². The summed E-state index contributed by atoms with van der Waals surface area (Å²) in [7, 11) is -3.75. The molecule has 35 heavy (non-hydrogen) atoms. The number of halogens is 1. The van der Waals surface area contributed by atoms with Crippen LogP contribution in [0.15, 0.2) is 48.5 Å². The summed E-state index contributed by atoms with van der Waals surface area (Å²) in [4.78, 5) is 28.2. The summed E-state index contributed by atoms with van der Waals surface area (Å²) >= 11 is 6.02. The summed E-state index contributed by atoms with van der Waals surface area (Å²) in [6.45, 7) is 3.37. The zero-order valence-corrected chi connectivity index (χ0v) is 22.1. The van der Waals surface area contributed by atoms with Crippen molar-refractivity contribution in [2.75, 3.05) is 17.1 Å². The van der Waals surface area contributed by atoms with E-state index in [1.165, 1.54) is 4.90 Å². The van der Waals surface area contributed by atoms with E-state index >= 15 is 0 Å². The summed E-state index contributed by atoms with van der Waals surface area (Å²) in [5.74, 6) is -0.690. The molecule has 1 aliphatic carbocycles. The highest BCUT2D eigenvalue weighted by atomic mass is 35.5. The molecule has 7 nitrogen and oxygen atoms in total. The van der Waals surface area contributed by atoms with Gasteiger partial charge >= 0.3 is 0 Å². The molecule has 0 saturated heterocycles. The fourth-order valence-electron chi connectivity index (χ4n) is 4.41. The molecule has 0 radical (unpaired) electrons. The van der Waals surface area contributed by atoms with Gasteiger partial charge in [0.05, 0.1) is 11.9 Å². The van der Waals surface area contributed by atoms with Crippen LogP contribution in [-0.4, -0.2) is 50.0 Å². The molecule has 2 aromatic carbocycles. The van der Waals surface area contributed by atoms with Crippen molar-refractivity contribution in [3.05, 3.63) is 64.7 Å². The zero-order valence-electron chi connectivity index (χ0n) is 20.5. The minimum atomic E-state index is -3.75. The molecule has 0 aromatic heterocycles. The van der Waals surface area contributed by atoms with Crippen molar-refractivity contribution in [2.45, 2.75) is 64.6 Å². The second-order valence-electron chi connectivity index (χ2n) is 9.07. The molecule has 0 bridgehead atoms. The Balaban J connectivity index is 1.89. The van der Waals surface area contributed by atoms with Crippen molar-refractivity contribution >= 4 is 39.1 Å². The number of carbonyl (C=O) groups excluding carboxylic acids is 2. The first kappa shape index (κ1) is 27.0. The van der Waals surface area contributed by atoms with E-state index in [0.717, 1.165) is 47.4 Å². The van der Waals surface area contributed by atoms with Crippen molar-refractivity contribution in [3.63, 3.8) is 0 Å². The highest BCUT2D eigenvalue weighted by Gasteiger charge is 2.31. The maximum Gasteiger partial charge on any atom is 0.244 e. The van der Waals surface area contributed by atoms with Crippen molar-refractivity contribution in [1.29, 1.82) is 0 Å². The molecule has 3 rings (SSSR count). The highest BCUT2D eigenvalue weighted by molar-refractivity contribution is 7.92. The zero-order chi connectivity index (χ0) is 25.6. The Kier molecular flexibility index (Phi) is 9.19. The second-order valence-corrected chi connectivity index (χ2v) is 11.4. The third-order valence-corrected chi connectivity index (χ3v) is 7.83. The number of para-hydroxylation sites is 1. The van der Waals surface area contributed by atoms with Crippen molar-refractivity contribution in [2.24, 2.45) is 0 Å². The van der Waals surface area contributed by atoms with Crippen LogP contribution in [0.3, 0.4) is 0 Å². The molecule has 0 spiro atoms. The van der Waals surface area contributed by atoms with Gasteiger partial charge in [0.15, 0.2) is 0 Å². The Bertz CT molecular complexity index is 1130. The predicted octanol–water partition coefficient (Wildman–Crippen LogP) is 4.14. The third-order valence-electron chi connectivity index (χ3n) is 6.46. The van der Waals surface area contributed by atoms with Crippen LogP contribution in [0.1, 0.15) is 50.7 Å². The molecule has 1 atom stereocenters. The first-order valence-corrected chi connectivity index (χ1v) is 14.2. The second kappa shape index (κ2) is 11.9. The van der Waals surface area contributed by atoms with E-state index in [0.29, 0.717) is 17.1 Å². The van der Waals surface area contributed by atoms with E-state index in [1.54, 1.807) is 43.3 Å². The number of hydrogen-bond acceptors (Lipinski definition) is 4. The molecule has 2 aromatic rings. The maximum atomic E-state index is 13.6. The molecule has 1 saturated carbocycles. The van der Waals surface area contributed by atoms with Gasteiger partial charge in [0.2, 0.25) is 21.8 Å². The minimum Gasteiger partial charge on any atom is -0.352 e. The van der Waals surface area contributed by atoms with E-state index < -0.39 is 28.5 Å². The predicted molar refractivity (Wildman–Crippen MR) is 140 cm³/mol. The Morgan fingerprint density at radius 1 is 1.09 bits per heavy atom. The molecule has 1 unspecified atom stereocenters. The van der Waals surface area contributed by atoms with E-state index in [9.17, 15) is 18.0 Å². The first-order chi connectivity index (χ1) is 16.6. The number of aryl methyl sites for hydroxylation is 1. The SMILES string of the molecule is CCc1ccccc1N(CC(=O)N(Cc1ccc(Cl)cc1)C(C)C(=O)NC1CCCC1)S(C)(=O)=O. The highest BCUT2D eigenvalue weighted by Crippen LogP contribution is 2.24. The van der Waals surface area contributed by atoms with Crippen LogP contribution in [0.2, 0.25) is 5.02 Å². The van der Waals surface area contributed by atoms with Gasteiger partial charge in [0, 0.05) is 17.6 Å². The molecule has 0 heterocycles. The Morgan fingerprint density at radius 3 is 2.31 bits per heavy atom. The number of anilines is 1. The summed E-state index contributed by atoms with van der Waals surface area (Å²) in [6.07, 6.45) is 5.72. The minimum absolute atomic E-state index is 0.112. The van der Waals surface area contributed by atoms with Crippen LogP contribution in [0.4, 0.5) is 5.69 Å². The number of nitrogens with zero attached hydrogens (tertiary/aromatic N) is 2. The van der Waals surface area contributed by atoms with E-state index in [-0.39, 0.29) is 18.5 Å². The fraction of sp³-hybridized carbons (Fsp3) is 0.462. The Morgan fingerprint density at radius 2 is 1.71 bits per heavy atom. The average Bonchev–Trinajstić information content (AvgIpc) is 3.34. The van der Waals surface area contributed by atoms with Gasteiger partial charge in [0.25, 0.3) is 0 Å². The maximum absolute atomic E-state index is 13.6. The van der Waals surface area contributed by atoms with Crippen molar-refractivity contribution < 1.29 is 18.0 Å². The monoisotopic (exact) mass is 519 g/mol. The summed E-state index contributed by atoms with van der Waals surface area (Å²) in [5, 5.41) is 3.62. The standard InChI is InChI=1S/C26H34ClN3O4S/c1-4-21-9-5-8-12-24(21)30(35(3,33)34)18-25(31)29(17-20-13-15-22(27)16-14-20)19(2)26(32)28-23-10-6-7-11-23/h5,8-9,12-16,19,23H,4,6-7,10-11,17-18H2,1-3H3,(H,28,32). The lowest BCUT2D eigenvalue weighted by atomic mass is 10.1. The van der Waals surface area contributed by atoms with Crippen LogP contribution in [0.25, 0.3) is 0 Å². The van der Waals surface area contributed by atoms with Gasteiger partial charge in [-0.25, -0.2) is 8.42 Å². The lowest BCUT2D eigenvalue weighted by Gasteiger charge is -2.32. The van der Waals surface area contributed by atoms with Gasteiger partial charge in [0.1, 0.15) is 12.6 Å². The molecule has 2 amide bonds. The summed E-state index contributed by atoms with van der Waals surface area (Å²) < 4.78 is 26.6. The molecule has 1 aliphatic rings. The number of hydrogen-bond donors (Lipinski definition) is 1. The normalized spacial score (nSPS) is 15.0. The van der Waals surface area contributed by atoms with Gasteiger partial charge in [-0.3, -0.25) is 13.9 Å². The van der Waals surface area contributed by atoms with E-state index in [1.807, 2.05) is 19.1 Å². The van der Waals surface area contributed by atoms with Crippen LogP contribution in [0, 0.1) is 0 Å². The fourth-order valence-corrected chi connectivity index (χ4v) is 5.42.